The van der Waals surface area contributed by atoms with Gasteiger partial charge in [0.25, 0.3) is 0 Å². The topological polar surface area (TPSA) is 81.1 Å². The molecule has 0 fully saturated rings. The molecule has 2 heterocycles. The summed E-state index contributed by atoms with van der Waals surface area (Å²) in [6.07, 6.45) is 5.26. The molecular formula is C18H25N5O2. The molecule has 3 rings (SSSR count). The second-order valence-corrected chi connectivity index (χ2v) is 6.21. The van der Waals surface area contributed by atoms with Crippen molar-refractivity contribution < 1.29 is 9.53 Å². The highest BCUT2D eigenvalue weighted by molar-refractivity contribution is 5.73. The Morgan fingerprint density at radius 3 is 3.04 bits per heavy atom. The number of rotatable bonds is 6. The van der Waals surface area contributed by atoms with Gasteiger partial charge in [-0.25, -0.2) is 4.79 Å². The van der Waals surface area contributed by atoms with Crippen molar-refractivity contribution in [3.63, 3.8) is 0 Å². The lowest BCUT2D eigenvalue weighted by Crippen LogP contribution is -2.36. The molecule has 0 radical (unpaired) electrons. The minimum atomic E-state index is -0.186. The largest absolute Gasteiger partial charge is 0.497 e. The lowest BCUT2D eigenvalue weighted by atomic mass is 10.1. The van der Waals surface area contributed by atoms with E-state index in [1.807, 2.05) is 24.3 Å². The molecule has 2 N–H and O–H groups in total. The Morgan fingerprint density at radius 1 is 1.24 bits per heavy atom. The molecule has 1 aromatic heterocycles. The van der Waals surface area contributed by atoms with Gasteiger partial charge < -0.3 is 19.9 Å². The number of nitrogens with one attached hydrogen (secondary N) is 2. The monoisotopic (exact) mass is 343 g/mol. The average Bonchev–Trinajstić information content (AvgIpc) is 2.86. The molecule has 7 nitrogen and oxygen atoms in total. The van der Waals surface area contributed by atoms with Crippen LogP contribution in [0.3, 0.4) is 0 Å². The third kappa shape index (κ3) is 4.71. The standard InChI is InChI=1S/C18H25N5O2/c1-25-15-7-5-6-14(12-15)9-10-19-18(24)20-13-17-22-21-16-8-3-2-4-11-23(16)17/h5-7,12H,2-4,8-11,13H2,1H3,(H2,19,20,24). The smallest absolute Gasteiger partial charge is 0.315 e. The highest BCUT2D eigenvalue weighted by Gasteiger charge is 2.14. The zero-order chi connectivity index (χ0) is 17.5. The zero-order valence-corrected chi connectivity index (χ0v) is 14.6. The molecule has 2 aromatic rings. The third-order valence-electron chi connectivity index (χ3n) is 4.43. The Balaban J connectivity index is 1.43. The SMILES string of the molecule is COc1cccc(CCNC(=O)NCc2nnc3n2CCCCC3)c1. The van der Waals surface area contributed by atoms with Gasteiger partial charge in [0.15, 0.2) is 5.82 Å². The van der Waals surface area contributed by atoms with Crippen LogP contribution in [0.4, 0.5) is 4.79 Å². The van der Waals surface area contributed by atoms with E-state index in [1.165, 1.54) is 6.42 Å². The Morgan fingerprint density at radius 2 is 2.16 bits per heavy atom. The number of urea groups is 1. The van der Waals surface area contributed by atoms with E-state index in [2.05, 4.69) is 25.4 Å². The number of aryl methyl sites for hydroxylation is 1. The lowest BCUT2D eigenvalue weighted by molar-refractivity contribution is 0.240. The maximum atomic E-state index is 12.0. The van der Waals surface area contributed by atoms with Crippen LogP contribution in [-0.2, 0) is 25.9 Å². The Hall–Kier alpha value is -2.57. The minimum absolute atomic E-state index is 0.186. The maximum Gasteiger partial charge on any atom is 0.315 e. The molecule has 1 aliphatic heterocycles. The van der Waals surface area contributed by atoms with Crippen LogP contribution < -0.4 is 15.4 Å². The van der Waals surface area contributed by atoms with Crippen LogP contribution in [0.1, 0.15) is 36.5 Å². The number of benzene rings is 1. The van der Waals surface area contributed by atoms with E-state index >= 15 is 0 Å². The van der Waals surface area contributed by atoms with E-state index < -0.39 is 0 Å². The van der Waals surface area contributed by atoms with Gasteiger partial charge in [0.1, 0.15) is 11.6 Å². The molecule has 1 aliphatic rings. The van der Waals surface area contributed by atoms with Crippen molar-refractivity contribution >= 4 is 6.03 Å². The summed E-state index contributed by atoms with van der Waals surface area (Å²) >= 11 is 0. The first-order valence-electron chi connectivity index (χ1n) is 8.82. The molecule has 1 aromatic carbocycles. The van der Waals surface area contributed by atoms with E-state index in [4.69, 9.17) is 4.74 Å². The quantitative estimate of drug-likeness (QED) is 0.841. The highest BCUT2D eigenvalue weighted by Crippen LogP contribution is 2.14. The van der Waals surface area contributed by atoms with Gasteiger partial charge in [-0.1, -0.05) is 18.6 Å². The molecule has 2 amide bonds. The molecule has 0 atom stereocenters. The fraction of sp³-hybridized carbons (Fsp3) is 0.500. The normalized spacial score (nSPS) is 13.6. The van der Waals surface area contributed by atoms with Crippen molar-refractivity contribution in [1.82, 2.24) is 25.4 Å². The summed E-state index contributed by atoms with van der Waals surface area (Å²) in [4.78, 5) is 12.0. The fourth-order valence-corrected chi connectivity index (χ4v) is 3.05. The molecule has 0 unspecified atom stereocenters. The van der Waals surface area contributed by atoms with Crippen molar-refractivity contribution in [3.05, 3.63) is 41.5 Å². The number of nitrogens with zero attached hydrogens (tertiary/aromatic N) is 3. The van der Waals surface area contributed by atoms with E-state index in [0.29, 0.717) is 13.1 Å². The lowest BCUT2D eigenvalue weighted by Gasteiger charge is -2.10. The Labute approximate surface area is 147 Å². The molecular weight excluding hydrogens is 318 g/mol. The maximum absolute atomic E-state index is 12.0. The predicted octanol–water partition coefficient (Wildman–Crippen LogP) is 2.05. The number of aromatic nitrogens is 3. The summed E-state index contributed by atoms with van der Waals surface area (Å²) < 4.78 is 7.34. The number of hydrogen-bond donors (Lipinski definition) is 2. The first-order chi connectivity index (χ1) is 12.3. The van der Waals surface area contributed by atoms with Gasteiger partial charge in [0.2, 0.25) is 0 Å². The molecule has 0 saturated heterocycles. The van der Waals surface area contributed by atoms with Gasteiger partial charge >= 0.3 is 6.03 Å². The third-order valence-corrected chi connectivity index (χ3v) is 4.43. The van der Waals surface area contributed by atoms with E-state index in [1.54, 1.807) is 7.11 Å². The van der Waals surface area contributed by atoms with Gasteiger partial charge in [-0.05, 0) is 37.0 Å². The fourth-order valence-electron chi connectivity index (χ4n) is 3.05. The number of hydrogen-bond acceptors (Lipinski definition) is 4. The van der Waals surface area contributed by atoms with Gasteiger partial charge in [0.05, 0.1) is 13.7 Å². The second kappa shape index (κ2) is 8.50. The Bertz CT molecular complexity index is 713. The van der Waals surface area contributed by atoms with Crippen LogP contribution in [0, 0.1) is 0 Å². The number of amides is 2. The van der Waals surface area contributed by atoms with Crippen LogP contribution in [-0.4, -0.2) is 34.5 Å². The van der Waals surface area contributed by atoms with Gasteiger partial charge in [-0.2, -0.15) is 0 Å². The molecule has 7 heteroatoms. The first kappa shape index (κ1) is 17.3. The molecule has 134 valence electrons. The van der Waals surface area contributed by atoms with E-state index in [0.717, 1.165) is 55.2 Å². The molecule has 0 saturated carbocycles. The molecule has 0 spiro atoms. The number of ether oxygens (including phenoxy) is 1. The second-order valence-electron chi connectivity index (χ2n) is 6.21. The van der Waals surface area contributed by atoms with Gasteiger partial charge in [0, 0.05) is 19.5 Å². The first-order valence-corrected chi connectivity index (χ1v) is 8.82. The summed E-state index contributed by atoms with van der Waals surface area (Å²) in [5, 5.41) is 14.2. The number of carbonyl (C=O) groups is 1. The van der Waals surface area contributed by atoms with Crippen LogP contribution in [0.25, 0.3) is 0 Å². The van der Waals surface area contributed by atoms with Gasteiger partial charge in [-0.3, -0.25) is 0 Å². The van der Waals surface area contributed by atoms with Crippen LogP contribution in [0.5, 0.6) is 5.75 Å². The number of fused-ring (bicyclic) bond motifs is 1. The molecule has 25 heavy (non-hydrogen) atoms. The summed E-state index contributed by atoms with van der Waals surface area (Å²) in [5.74, 6) is 2.70. The molecule has 0 aliphatic carbocycles. The Kier molecular flexibility index (Phi) is 5.87. The van der Waals surface area contributed by atoms with Crippen molar-refractivity contribution in [2.75, 3.05) is 13.7 Å². The van der Waals surface area contributed by atoms with Crippen molar-refractivity contribution in [2.45, 2.75) is 45.2 Å². The summed E-state index contributed by atoms with van der Waals surface area (Å²) in [6, 6.07) is 7.67. The predicted molar refractivity (Wildman–Crippen MR) is 94.5 cm³/mol. The summed E-state index contributed by atoms with van der Waals surface area (Å²) in [5.41, 5.74) is 1.13. The minimum Gasteiger partial charge on any atom is -0.497 e. The van der Waals surface area contributed by atoms with E-state index in [-0.39, 0.29) is 6.03 Å². The molecule has 0 bridgehead atoms. The van der Waals surface area contributed by atoms with Crippen molar-refractivity contribution in [3.8, 4) is 5.75 Å². The number of carbonyl (C=O) groups excluding carboxylic acids is 1. The van der Waals surface area contributed by atoms with Crippen LogP contribution in [0.15, 0.2) is 24.3 Å². The zero-order valence-electron chi connectivity index (χ0n) is 14.6. The average molecular weight is 343 g/mol. The van der Waals surface area contributed by atoms with Crippen molar-refractivity contribution in [1.29, 1.82) is 0 Å². The van der Waals surface area contributed by atoms with Gasteiger partial charge in [-0.15, -0.1) is 10.2 Å². The summed E-state index contributed by atoms with van der Waals surface area (Å²) in [7, 11) is 1.65. The van der Waals surface area contributed by atoms with E-state index in [9.17, 15) is 4.79 Å². The van der Waals surface area contributed by atoms with Crippen molar-refractivity contribution in [2.24, 2.45) is 0 Å². The summed E-state index contributed by atoms with van der Waals surface area (Å²) in [6.45, 7) is 1.91. The van der Waals surface area contributed by atoms with Crippen LogP contribution >= 0.6 is 0 Å². The number of methoxy groups -OCH3 is 1. The highest BCUT2D eigenvalue weighted by atomic mass is 16.5. The van der Waals surface area contributed by atoms with Crippen LogP contribution in [0.2, 0.25) is 0 Å².